The lowest BCUT2D eigenvalue weighted by Crippen LogP contribution is -2.27. The van der Waals surface area contributed by atoms with Crippen LogP contribution in [0.3, 0.4) is 0 Å². The van der Waals surface area contributed by atoms with Crippen LogP contribution in [0.5, 0.6) is 0 Å². The summed E-state index contributed by atoms with van der Waals surface area (Å²) in [7, 11) is 0. The standard InChI is InChI=1S/C12H11F2N3O3/c13-12(14)10(18)6-15-11-4-1-7-5-8(17(19)20)2-3-9(7)16-11/h1-5,10,12,18H,6H2,(H,15,16). The van der Waals surface area contributed by atoms with E-state index in [1.54, 1.807) is 6.07 Å². The number of nitro benzene ring substituents is 1. The number of rotatable bonds is 5. The number of aliphatic hydroxyl groups is 1. The van der Waals surface area contributed by atoms with Crippen LogP contribution < -0.4 is 5.32 Å². The third kappa shape index (κ3) is 3.15. The number of fused-ring (bicyclic) bond motifs is 1. The van der Waals surface area contributed by atoms with Crippen molar-refractivity contribution >= 4 is 22.4 Å². The summed E-state index contributed by atoms with van der Waals surface area (Å²) in [5.74, 6) is 0.311. The normalized spacial score (nSPS) is 12.6. The van der Waals surface area contributed by atoms with E-state index in [0.717, 1.165) is 0 Å². The zero-order valence-corrected chi connectivity index (χ0v) is 10.2. The lowest BCUT2D eigenvalue weighted by Gasteiger charge is -2.11. The summed E-state index contributed by atoms with van der Waals surface area (Å²) < 4.78 is 24.3. The Morgan fingerprint density at radius 1 is 1.35 bits per heavy atom. The number of aliphatic hydroxyl groups excluding tert-OH is 1. The van der Waals surface area contributed by atoms with E-state index in [1.807, 2.05) is 0 Å². The van der Waals surface area contributed by atoms with Crippen molar-refractivity contribution in [3.05, 3.63) is 40.4 Å². The van der Waals surface area contributed by atoms with E-state index in [1.165, 1.54) is 24.3 Å². The fourth-order valence-corrected chi connectivity index (χ4v) is 1.62. The molecule has 1 heterocycles. The van der Waals surface area contributed by atoms with Crippen LogP contribution in [0.1, 0.15) is 0 Å². The minimum atomic E-state index is -2.83. The number of nitrogens with zero attached hydrogens (tertiary/aromatic N) is 2. The molecule has 1 atom stereocenters. The highest BCUT2D eigenvalue weighted by Gasteiger charge is 2.16. The smallest absolute Gasteiger partial charge is 0.270 e. The van der Waals surface area contributed by atoms with Crippen LogP contribution >= 0.6 is 0 Å². The average Bonchev–Trinajstić information content (AvgIpc) is 2.43. The van der Waals surface area contributed by atoms with Crippen LogP contribution in [0.2, 0.25) is 0 Å². The number of hydrogen-bond acceptors (Lipinski definition) is 5. The van der Waals surface area contributed by atoms with E-state index < -0.39 is 17.5 Å². The molecule has 0 saturated heterocycles. The molecule has 1 unspecified atom stereocenters. The van der Waals surface area contributed by atoms with Gasteiger partial charge in [-0.3, -0.25) is 10.1 Å². The number of nitrogens with one attached hydrogen (secondary N) is 1. The van der Waals surface area contributed by atoms with E-state index in [-0.39, 0.29) is 12.2 Å². The molecule has 2 N–H and O–H groups in total. The SMILES string of the molecule is O=[N+]([O-])c1ccc2nc(NCC(O)C(F)F)ccc2c1. The van der Waals surface area contributed by atoms with Gasteiger partial charge in [-0.2, -0.15) is 0 Å². The van der Waals surface area contributed by atoms with Gasteiger partial charge in [0, 0.05) is 24.1 Å². The summed E-state index contributed by atoms with van der Waals surface area (Å²) in [5, 5.41) is 22.8. The van der Waals surface area contributed by atoms with Gasteiger partial charge in [0.1, 0.15) is 11.9 Å². The second-order valence-electron chi connectivity index (χ2n) is 4.11. The zero-order chi connectivity index (χ0) is 14.7. The molecule has 1 aromatic carbocycles. The molecule has 8 heteroatoms. The predicted octanol–water partition coefficient (Wildman–Crippen LogP) is 2.18. The summed E-state index contributed by atoms with van der Waals surface area (Å²) in [6.45, 7) is -0.330. The third-order valence-electron chi connectivity index (χ3n) is 2.67. The van der Waals surface area contributed by atoms with Crippen LogP contribution in [0.15, 0.2) is 30.3 Å². The molecule has 0 bridgehead atoms. The number of hydrogen-bond donors (Lipinski definition) is 2. The van der Waals surface area contributed by atoms with Gasteiger partial charge in [-0.1, -0.05) is 0 Å². The predicted molar refractivity (Wildman–Crippen MR) is 68.9 cm³/mol. The molecular formula is C12H11F2N3O3. The van der Waals surface area contributed by atoms with Gasteiger partial charge in [-0.15, -0.1) is 0 Å². The Morgan fingerprint density at radius 2 is 2.10 bits per heavy atom. The van der Waals surface area contributed by atoms with Crippen molar-refractivity contribution in [1.29, 1.82) is 0 Å². The fraction of sp³-hybridized carbons (Fsp3) is 0.250. The Kier molecular flexibility index (Phi) is 4.04. The molecule has 0 aliphatic heterocycles. The van der Waals surface area contributed by atoms with Gasteiger partial charge >= 0.3 is 0 Å². The van der Waals surface area contributed by atoms with Crippen molar-refractivity contribution in [2.45, 2.75) is 12.5 Å². The maximum absolute atomic E-state index is 12.1. The second kappa shape index (κ2) is 5.74. The highest BCUT2D eigenvalue weighted by atomic mass is 19.3. The highest BCUT2D eigenvalue weighted by molar-refractivity contribution is 5.82. The number of anilines is 1. The van der Waals surface area contributed by atoms with Crippen LogP contribution in [0.25, 0.3) is 10.9 Å². The molecule has 20 heavy (non-hydrogen) atoms. The van der Waals surface area contributed by atoms with Crippen LogP contribution in [0.4, 0.5) is 20.3 Å². The lowest BCUT2D eigenvalue weighted by atomic mass is 10.2. The Hall–Kier alpha value is -2.35. The Balaban J connectivity index is 2.17. The summed E-state index contributed by atoms with van der Waals surface area (Å²) in [6.07, 6.45) is -4.60. The fourth-order valence-electron chi connectivity index (χ4n) is 1.62. The largest absolute Gasteiger partial charge is 0.385 e. The van der Waals surface area contributed by atoms with Crippen molar-refractivity contribution in [3.63, 3.8) is 0 Å². The monoisotopic (exact) mass is 283 g/mol. The first-order valence-corrected chi connectivity index (χ1v) is 5.72. The first kappa shape index (κ1) is 14.1. The van der Waals surface area contributed by atoms with Gasteiger partial charge in [-0.05, 0) is 18.2 Å². The molecule has 2 aromatic rings. The highest BCUT2D eigenvalue weighted by Crippen LogP contribution is 2.21. The van der Waals surface area contributed by atoms with E-state index in [0.29, 0.717) is 16.7 Å². The van der Waals surface area contributed by atoms with Gasteiger partial charge in [0.25, 0.3) is 12.1 Å². The Labute approximate surface area is 112 Å². The molecule has 0 aliphatic carbocycles. The van der Waals surface area contributed by atoms with E-state index >= 15 is 0 Å². The third-order valence-corrected chi connectivity index (χ3v) is 2.67. The zero-order valence-electron chi connectivity index (χ0n) is 10.2. The van der Waals surface area contributed by atoms with Crippen molar-refractivity contribution in [3.8, 4) is 0 Å². The first-order chi connectivity index (χ1) is 9.47. The van der Waals surface area contributed by atoms with Gasteiger partial charge in [0.15, 0.2) is 0 Å². The number of non-ortho nitro benzene ring substituents is 1. The maximum atomic E-state index is 12.1. The molecule has 0 radical (unpaired) electrons. The van der Waals surface area contributed by atoms with Gasteiger partial charge in [0.05, 0.1) is 10.4 Å². The Morgan fingerprint density at radius 3 is 2.75 bits per heavy atom. The van der Waals surface area contributed by atoms with Crippen LogP contribution in [-0.2, 0) is 0 Å². The summed E-state index contributed by atoms with van der Waals surface area (Å²) in [6, 6.07) is 7.26. The Bertz CT molecular complexity index is 636. The number of halogens is 2. The van der Waals surface area contributed by atoms with Crippen molar-refractivity contribution in [1.82, 2.24) is 4.98 Å². The van der Waals surface area contributed by atoms with Gasteiger partial charge < -0.3 is 10.4 Å². The number of aromatic nitrogens is 1. The molecule has 6 nitrogen and oxygen atoms in total. The molecule has 0 amide bonds. The quantitative estimate of drug-likeness (QED) is 0.648. The number of nitro groups is 1. The summed E-state index contributed by atoms with van der Waals surface area (Å²) >= 11 is 0. The second-order valence-corrected chi connectivity index (χ2v) is 4.11. The maximum Gasteiger partial charge on any atom is 0.270 e. The van der Waals surface area contributed by atoms with Crippen molar-refractivity contribution in [2.75, 3.05) is 11.9 Å². The molecule has 0 fully saturated rings. The number of pyridine rings is 1. The van der Waals surface area contributed by atoms with Gasteiger partial charge in [-0.25, -0.2) is 13.8 Å². The molecule has 0 saturated carbocycles. The first-order valence-electron chi connectivity index (χ1n) is 5.72. The molecule has 2 rings (SSSR count). The van der Waals surface area contributed by atoms with Gasteiger partial charge in [0.2, 0.25) is 0 Å². The van der Waals surface area contributed by atoms with E-state index in [9.17, 15) is 18.9 Å². The molecule has 0 spiro atoms. The molecule has 0 aliphatic rings. The van der Waals surface area contributed by atoms with Crippen molar-refractivity contribution < 1.29 is 18.8 Å². The minimum absolute atomic E-state index is 0.0480. The molecule has 106 valence electrons. The van der Waals surface area contributed by atoms with Crippen molar-refractivity contribution in [2.24, 2.45) is 0 Å². The van der Waals surface area contributed by atoms with E-state index in [2.05, 4.69) is 10.3 Å². The number of benzene rings is 1. The lowest BCUT2D eigenvalue weighted by molar-refractivity contribution is -0.384. The van der Waals surface area contributed by atoms with Crippen LogP contribution in [0, 0.1) is 10.1 Å². The summed E-state index contributed by atoms with van der Waals surface area (Å²) in [5.41, 5.74) is 0.445. The van der Waals surface area contributed by atoms with E-state index in [4.69, 9.17) is 5.11 Å². The topological polar surface area (TPSA) is 88.3 Å². The minimum Gasteiger partial charge on any atom is -0.385 e. The summed E-state index contributed by atoms with van der Waals surface area (Å²) in [4.78, 5) is 14.2. The number of alkyl halides is 2. The van der Waals surface area contributed by atoms with Crippen LogP contribution in [-0.4, -0.2) is 34.1 Å². The molecule has 1 aromatic heterocycles. The average molecular weight is 283 g/mol. The molecular weight excluding hydrogens is 272 g/mol.